The van der Waals surface area contributed by atoms with Crippen molar-refractivity contribution in [1.82, 2.24) is 10.3 Å². The molecule has 0 atom stereocenters. The summed E-state index contributed by atoms with van der Waals surface area (Å²) in [6, 6.07) is 16.8. The van der Waals surface area contributed by atoms with E-state index in [0.29, 0.717) is 12.4 Å². The summed E-state index contributed by atoms with van der Waals surface area (Å²) in [5, 5.41) is 2.89. The van der Waals surface area contributed by atoms with E-state index < -0.39 is 0 Å². The van der Waals surface area contributed by atoms with Crippen molar-refractivity contribution in [2.24, 2.45) is 0 Å². The zero-order valence-electron chi connectivity index (χ0n) is 17.0. The summed E-state index contributed by atoms with van der Waals surface area (Å²) in [7, 11) is 0. The maximum Gasteiger partial charge on any atom is 0.251 e. The van der Waals surface area contributed by atoms with Crippen LogP contribution < -0.4 is 16.0 Å². The number of rotatable bonds is 3. The topological polar surface area (TPSA) is 71.2 Å². The molecule has 1 amide bonds. The summed E-state index contributed by atoms with van der Waals surface area (Å²) < 4.78 is 0. The van der Waals surface area contributed by atoms with Gasteiger partial charge in [-0.3, -0.25) is 4.79 Å². The van der Waals surface area contributed by atoms with Gasteiger partial charge in [0.1, 0.15) is 5.82 Å². The lowest BCUT2D eigenvalue weighted by Crippen LogP contribution is -2.31. The summed E-state index contributed by atoms with van der Waals surface area (Å²) in [5.41, 5.74) is 13.4. The normalized spacial score (nSPS) is 16.1. The Morgan fingerprint density at radius 3 is 2.43 bits per heavy atom. The van der Waals surface area contributed by atoms with Crippen LogP contribution in [-0.2, 0) is 6.42 Å². The first-order valence-electron chi connectivity index (χ1n) is 10.7. The predicted octanol–water partition coefficient (Wildman–Crippen LogP) is 4.27. The molecule has 1 fully saturated rings. The molecule has 3 aromatic rings. The molecule has 5 nitrogen and oxygen atoms in total. The molecule has 152 valence electrons. The van der Waals surface area contributed by atoms with Crippen molar-refractivity contribution in [2.75, 3.05) is 30.3 Å². The van der Waals surface area contributed by atoms with Crippen molar-refractivity contribution in [2.45, 2.75) is 25.7 Å². The Hall–Kier alpha value is -3.34. The van der Waals surface area contributed by atoms with Crippen molar-refractivity contribution >= 4 is 17.4 Å². The summed E-state index contributed by atoms with van der Waals surface area (Å²) in [6.07, 6.45) is 6.55. The molecule has 0 aliphatic carbocycles. The van der Waals surface area contributed by atoms with Crippen LogP contribution in [0.5, 0.6) is 0 Å². The Bertz CT molecular complexity index is 1080. The SMILES string of the molecule is Nc1ncc(-c2ccc(N3CCCCC3)cc2)cc1-c1ccc2c(c1)CCNC2=O. The molecule has 0 unspecified atom stereocenters. The van der Waals surface area contributed by atoms with E-state index in [9.17, 15) is 4.79 Å². The van der Waals surface area contributed by atoms with Gasteiger partial charge >= 0.3 is 0 Å². The summed E-state index contributed by atoms with van der Waals surface area (Å²) >= 11 is 0. The number of carbonyl (C=O) groups excluding carboxylic acids is 1. The van der Waals surface area contributed by atoms with Gasteiger partial charge in [-0.25, -0.2) is 4.98 Å². The summed E-state index contributed by atoms with van der Waals surface area (Å²) in [6.45, 7) is 2.96. The molecule has 3 heterocycles. The Labute approximate surface area is 176 Å². The molecule has 3 N–H and O–H groups in total. The van der Waals surface area contributed by atoms with E-state index in [1.165, 1.54) is 24.9 Å². The molecule has 1 aromatic heterocycles. The number of hydrogen-bond donors (Lipinski definition) is 2. The highest BCUT2D eigenvalue weighted by Crippen LogP contribution is 2.32. The van der Waals surface area contributed by atoms with Crippen LogP contribution in [0.15, 0.2) is 54.7 Å². The number of nitrogen functional groups attached to an aromatic ring is 1. The highest BCUT2D eigenvalue weighted by molar-refractivity contribution is 5.97. The maximum absolute atomic E-state index is 12.0. The number of nitrogens with zero attached hydrogens (tertiary/aromatic N) is 2. The number of piperidine rings is 1. The minimum Gasteiger partial charge on any atom is -0.383 e. The number of nitrogens with one attached hydrogen (secondary N) is 1. The molecule has 0 bridgehead atoms. The monoisotopic (exact) mass is 398 g/mol. The average molecular weight is 399 g/mol. The molecule has 1 saturated heterocycles. The highest BCUT2D eigenvalue weighted by Gasteiger charge is 2.18. The van der Waals surface area contributed by atoms with Gasteiger partial charge in [0.25, 0.3) is 5.91 Å². The second-order valence-corrected chi connectivity index (χ2v) is 8.13. The molecule has 0 radical (unpaired) electrons. The number of pyridine rings is 1. The number of anilines is 2. The summed E-state index contributed by atoms with van der Waals surface area (Å²) in [4.78, 5) is 19.0. The van der Waals surface area contributed by atoms with Crippen molar-refractivity contribution in [3.05, 3.63) is 65.9 Å². The molecule has 5 heteroatoms. The number of nitrogens with two attached hydrogens (primary N) is 1. The summed E-state index contributed by atoms with van der Waals surface area (Å²) in [5.74, 6) is 0.500. The number of hydrogen-bond acceptors (Lipinski definition) is 4. The van der Waals surface area contributed by atoms with Gasteiger partial charge in [0.15, 0.2) is 0 Å². The van der Waals surface area contributed by atoms with Crippen LogP contribution >= 0.6 is 0 Å². The van der Waals surface area contributed by atoms with Crippen LogP contribution in [0.2, 0.25) is 0 Å². The van der Waals surface area contributed by atoms with Crippen LogP contribution in [-0.4, -0.2) is 30.5 Å². The number of aromatic nitrogens is 1. The van der Waals surface area contributed by atoms with E-state index in [2.05, 4.69) is 51.6 Å². The van der Waals surface area contributed by atoms with Crippen LogP contribution in [0.3, 0.4) is 0 Å². The third-order valence-corrected chi connectivity index (χ3v) is 6.18. The maximum atomic E-state index is 12.0. The lowest BCUT2D eigenvalue weighted by molar-refractivity contribution is 0.0946. The molecule has 0 spiro atoms. The fourth-order valence-corrected chi connectivity index (χ4v) is 4.48. The average Bonchev–Trinajstić information content (AvgIpc) is 2.80. The van der Waals surface area contributed by atoms with E-state index in [-0.39, 0.29) is 5.91 Å². The van der Waals surface area contributed by atoms with Gasteiger partial charge in [-0.05, 0) is 66.6 Å². The molecule has 2 aliphatic rings. The smallest absolute Gasteiger partial charge is 0.251 e. The molecular formula is C25H26N4O. The van der Waals surface area contributed by atoms with Gasteiger partial charge < -0.3 is 16.0 Å². The van der Waals surface area contributed by atoms with Crippen molar-refractivity contribution in [3.8, 4) is 22.3 Å². The second kappa shape index (κ2) is 7.82. The highest BCUT2D eigenvalue weighted by atomic mass is 16.1. The first-order valence-corrected chi connectivity index (χ1v) is 10.7. The number of carbonyl (C=O) groups is 1. The zero-order valence-corrected chi connectivity index (χ0v) is 17.0. The van der Waals surface area contributed by atoms with Gasteiger partial charge in [-0.1, -0.05) is 24.3 Å². The standard InChI is InChI=1S/C25H26N4O/c26-24-23(18-6-9-22-19(14-18)10-11-27-25(22)30)15-20(16-28-24)17-4-7-21(8-5-17)29-12-2-1-3-13-29/h4-9,14-16H,1-3,10-13H2,(H2,26,28)(H,27,30). The number of benzene rings is 2. The molecule has 2 aromatic carbocycles. The van der Waals surface area contributed by atoms with Gasteiger partial charge in [-0.2, -0.15) is 0 Å². The van der Waals surface area contributed by atoms with Gasteiger partial charge in [0.2, 0.25) is 0 Å². The number of fused-ring (bicyclic) bond motifs is 1. The van der Waals surface area contributed by atoms with Crippen LogP contribution in [0.1, 0.15) is 35.2 Å². The third kappa shape index (κ3) is 3.52. The van der Waals surface area contributed by atoms with Crippen molar-refractivity contribution in [1.29, 1.82) is 0 Å². The first kappa shape index (κ1) is 18.7. The van der Waals surface area contributed by atoms with Crippen molar-refractivity contribution in [3.63, 3.8) is 0 Å². The minimum atomic E-state index is -0.00329. The number of amides is 1. The van der Waals surface area contributed by atoms with Crippen LogP contribution in [0.25, 0.3) is 22.3 Å². The zero-order chi connectivity index (χ0) is 20.5. The second-order valence-electron chi connectivity index (χ2n) is 8.13. The third-order valence-electron chi connectivity index (χ3n) is 6.18. The van der Waals surface area contributed by atoms with Gasteiger partial charge in [0.05, 0.1) is 0 Å². The van der Waals surface area contributed by atoms with E-state index >= 15 is 0 Å². The van der Waals surface area contributed by atoms with E-state index in [4.69, 9.17) is 5.73 Å². The Balaban J connectivity index is 1.46. The molecule has 30 heavy (non-hydrogen) atoms. The van der Waals surface area contributed by atoms with Gasteiger partial charge in [0, 0.05) is 48.2 Å². The quantitative estimate of drug-likeness (QED) is 0.691. The fraction of sp³-hybridized carbons (Fsp3) is 0.280. The van der Waals surface area contributed by atoms with Crippen LogP contribution in [0.4, 0.5) is 11.5 Å². The molecule has 5 rings (SSSR count). The lowest BCUT2D eigenvalue weighted by atomic mass is 9.94. The largest absolute Gasteiger partial charge is 0.383 e. The lowest BCUT2D eigenvalue weighted by Gasteiger charge is -2.28. The van der Waals surface area contributed by atoms with Crippen molar-refractivity contribution < 1.29 is 4.79 Å². The Morgan fingerprint density at radius 1 is 0.867 bits per heavy atom. The van der Waals surface area contributed by atoms with Crippen LogP contribution in [0, 0.1) is 0 Å². The fourth-order valence-electron chi connectivity index (χ4n) is 4.48. The molecule has 0 saturated carbocycles. The van der Waals surface area contributed by atoms with E-state index in [1.807, 2.05) is 18.3 Å². The Kier molecular flexibility index (Phi) is 4.87. The first-order chi connectivity index (χ1) is 14.7. The minimum absolute atomic E-state index is 0.00329. The van der Waals surface area contributed by atoms with E-state index in [0.717, 1.165) is 52.9 Å². The Morgan fingerprint density at radius 2 is 1.63 bits per heavy atom. The predicted molar refractivity (Wildman–Crippen MR) is 122 cm³/mol. The molecule has 2 aliphatic heterocycles. The van der Waals surface area contributed by atoms with E-state index in [1.54, 1.807) is 0 Å². The van der Waals surface area contributed by atoms with Gasteiger partial charge in [-0.15, -0.1) is 0 Å². The molecular weight excluding hydrogens is 372 g/mol.